The highest BCUT2D eigenvalue weighted by Gasteiger charge is 2.19. The van der Waals surface area contributed by atoms with E-state index in [-0.39, 0.29) is 0 Å². The SMILES string of the molecule is CC(CN)CSCC(C(=O)O)c1ccccc1. The molecule has 94 valence electrons. The smallest absolute Gasteiger partial charge is 0.311 e. The summed E-state index contributed by atoms with van der Waals surface area (Å²) in [6.45, 7) is 2.72. The zero-order chi connectivity index (χ0) is 12.7. The molecule has 0 heterocycles. The molecule has 3 nitrogen and oxygen atoms in total. The van der Waals surface area contributed by atoms with Gasteiger partial charge < -0.3 is 10.8 Å². The van der Waals surface area contributed by atoms with E-state index in [9.17, 15) is 9.90 Å². The van der Waals surface area contributed by atoms with Gasteiger partial charge in [0.2, 0.25) is 0 Å². The lowest BCUT2D eigenvalue weighted by Crippen LogP contribution is -2.17. The van der Waals surface area contributed by atoms with E-state index in [4.69, 9.17) is 5.73 Å². The van der Waals surface area contributed by atoms with Gasteiger partial charge in [-0.1, -0.05) is 37.3 Å². The van der Waals surface area contributed by atoms with E-state index in [1.54, 1.807) is 11.8 Å². The van der Waals surface area contributed by atoms with Crippen molar-refractivity contribution >= 4 is 17.7 Å². The highest BCUT2D eigenvalue weighted by molar-refractivity contribution is 7.99. The molecule has 3 N–H and O–H groups in total. The minimum absolute atomic E-state index is 0.425. The molecule has 0 saturated heterocycles. The molecule has 0 amide bonds. The second-order valence-electron chi connectivity index (χ2n) is 4.18. The van der Waals surface area contributed by atoms with Crippen molar-refractivity contribution in [2.45, 2.75) is 12.8 Å². The van der Waals surface area contributed by atoms with Gasteiger partial charge in [-0.15, -0.1) is 0 Å². The number of aliphatic carboxylic acids is 1. The molecular weight excluding hydrogens is 234 g/mol. The van der Waals surface area contributed by atoms with Gasteiger partial charge in [-0.25, -0.2) is 0 Å². The van der Waals surface area contributed by atoms with Crippen LogP contribution in [0.3, 0.4) is 0 Å². The van der Waals surface area contributed by atoms with Gasteiger partial charge >= 0.3 is 5.97 Å². The van der Waals surface area contributed by atoms with Gasteiger partial charge in [-0.2, -0.15) is 11.8 Å². The molecule has 0 aromatic heterocycles. The van der Waals surface area contributed by atoms with Crippen LogP contribution in [0.1, 0.15) is 18.4 Å². The molecule has 0 aliphatic heterocycles. The Hall–Kier alpha value is -1.00. The summed E-state index contributed by atoms with van der Waals surface area (Å²) in [7, 11) is 0. The third-order valence-electron chi connectivity index (χ3n) is 2.59. The highest BCUT2D eigenvalue weighted by Crippen LogP contribution is 2.22. The van der Waals surface area contributed by atoms with Crippen LogP contribution in [0.15, 0.2) is 30.3 Å². The number of carboxylic acid groups (broad SMARTS) is 1. The molecular formula is C13H19NO2S. The summed E-state index contributed by atoms with van der Waals surface area (Å²) in [5.74, 6) is 0.761. The third-order valence-corrected chi connectivity index (χ3v) is 3.96. The molecule has 17 heavy (non-hydrogen) atoms. The minimum atomic E-state index is -0.760. The van der Waals surface area contributed by atoms with Crippen molar-refractivity contribution in [3.05, 3.63) is 35.9 Å². The van der Waals surface area contributed by atoms with Crippen LogP contribution >= 0.6 is 11.8 Å². The summed E-state index contributed by atoms with van der Waals surface area (Å²) in [6, 6.07) is 9.38. The monoisotopic (exact) mass is 253 g/mol. The summed E-state index contributed by atoms with van der Waals surface area (Å²) in [6.07, 6.45) is 0. The Kier molecular flexibility index (Phi) is 6.08. The highest BCUT2D eigenvalue weighted by atomic mass is 32.2. The number of hydrogen-bond donors (Lipinski definition) is 2. The number of benzene rings is 1. The summed E-state index contributed by atoms with van der Waals surface area (Å²) in [4.78, 5) is 11.2. The molecule has 0 bridgehead atoms. The second-order valence-corrected chi connectivity index (χ2v) is 5.25. The molecule has 2 atom stereocenters. The molecule has 0 fully saturated rings. The van der Waals surface area contributed by atoms with Crippen LogP contribution < -0.4 is 5.73 Å². The first-order valence-electron chi connectivity index (χ1n) is 5.70. The quantitative estimate of drug-likeness (QED) is 0.782. The first kappa shape index (κ1) is 14.1. The van der Waals surface area contributed by atoms with Gasteiger partial charge in [-0.05, 0) is 23.8 Å². The summed E-state index contributed by atoms with van der Waals surface area (Å²) >= 11 is 1.66. The fourth-order valence-electron chi connectivity index (χ4n) is 1.45. The maximum absolute atomic E-state index is 11.2. The third kappa shape index (κ3) is 4.79. The van der Waals surface area contributed by atoms with Crippen LogP contribution in [0, 0.1) is 5.92 Å². The number of nitrogens with two attached hydrogens (primary N) is 1. The fourth-order valence-corrected chi connectivity index (χ4v) is 2.70. The summed E-state index contributed by atoms with van der Waals surface area (Å²) < 4.78 is 0. The lowest BCUT2D eigenvalue weighted by atomic mass is 10.0. The van der Waals surface area contributed by atoms with Crippen LogP contribution in [-0.4, -0.2) is 29.1 Å². The van der Waals surface area contributed by atoms with E-state index in [0.29, 0.717) is 18.2 Å². The van der Waals surface area contributed by atoms with Crippen LogP contribution in [-0.2, 0) is 4.79 Å². The first-order valence-corrected chi connectivity index (χ1v) is 6.86. The Morgan fingerprint density at radius 1 is 1.35 bits per heavy atom. The zero-order valence-corrected chi connectivity index (χ0v) is 10.8. The van der Waals surface area contributed by atoms with Crippen LogP contribution in [0.5, 0.6) is 0 Å². The number of carboxylic acids is 1. The van der Waals surface area contributed by atoms with E-state index in [2.05, 4.69) is 6.92 Å². The number of carbonyl (C=O) groups is 1. The van der Waals surface area contributed by atoms with Gasteiger partial charge in [0.15, 0.2) is 0 Å². The van der Waals surface area contributed by atoms with Gasteiger partial charge in [0, 0.05) is 5.75 Å². The van der Waals surface area contributed by atoms with Crippen molar-refractivity contribution in [2.75, 3.05) is 18.1 Å². The van der Waals surface area contributed by atoms with Gasteiger partial charge in [0.25, 0.3) is 0 Å². The lowest BCUT2D eigenvalue weighted by Gasteiger charge is -2.14. The van der Waals surface area contributed by atoms with Gasteiger partial charge in [0.05, 0.1) is 5.92 Å². The van der Waals surface area contributed by atoms with Crippen LogP contribution in [0.2, 0.25) is 0 Å². The van der Waals surface area contributed by atoms with Crippen LogP contribution in [0.4, 0.5) is 0 Å². The Bertz CT molecular complexity index is 343. The van der Waals surface area contributed by atoms with Gasteiger partial charge in [-0.3, -0.25) is 4.79 Å². The predicted molar refractivity (Wildman–Crippen MR) is 72.4 cm³/mol. The number of hydrogen-bond acceptors (Lipinski definition) is 3. The van der Waals surface area contributed by atoms with Crippen molar-refractivity contribution in [1.82, 2.24) is 0 Å². The minimum Gasteiger partial charge on any atom is -0.481 e. The van der Waals surface area contributed by atoms with E-state index in [1.165, 1.54) is 0 Å². The summed E-state index contributed by atoms with van der Waals surface area (Å²) in [5, 5.41) is 9.21. The molecule has 1 aromatic carbocycles. The van der Waals surface area contributed by atoms with E-state index in [1.807, 2.05) is 30.3 Å². The molecule has 0 aliphatic rings. The summed E-state index contributed by atoms with van der Waals surface area (Å²) in [5.41, 5.74) is 6.40. The van der Waals surface area contributed by atoms with Crippen molar-refractivity contribution in [2.24, 2.45) is 11.7 Å². The lowest BCUT2D eigenvalue weighted by molar-refractivity contribution is -0.138. The Morgan fingerprint density at radius 2 is 2.00 bits per heavy atom. The van der Waals surface area contributed by atoms with Crippen molar-refractivity contribution < 1.29 is 9.90 Å². The second kappa shape index (κ2) is 7.35. The normalized spacial score (nSPS) is 14.2. The molecule has 0 radical (unpaired) electrons. The molecule has 2 unspecified atom stereocenters. The Labute approximate surface area is 106 Å². The van der Waals surface area contributed by atoms with E-state index in [0.717, 1.165) is 11.3 Å². The Balaban J connectivity index is 2.54. The average molecular weight is 253 g/mol. The van der Waals surface area contributed by atoms with Crippen molar-refractivity contribution in [1.29, 1.82) is 0 Å². The largest absolute Gasteiger partial charge is 0.481 e. The average Bonchev–Trinajstić information content (AvgIpc) is 2.34. The van der Waals surface area contributed by atoms with Crippen molar-refractivity contribution in [3.8, 4) is 0 Å². The topological polar surface area (TPSA) is 63.3 Å². The maximum Gasteiger partial charge on any atom is 0.311 e. The Morgan fingerprint density at radius 3 is 2.53 bits per heavy atom. The molecule has 1 aromatic rings. The van der Waals surface area contributed by atoms with Crippen molar-refractivity contribution in [3.63, 3.8) is 0 Å². The molecule has 0 saturated carbocycles. The first-order chi connectivity index (χ1) is 8.15. The van der Waals surface area contributed by atoms with Crippen LogP contribution in [0.25, 0.3) is 0 Å². The molecule has 4 heteroatoms. The van der Waals surface area contributed by atoms with E-state index >= 15 is 0 Å². The number of thioether (sulfide) groups is 1. The van der Waals surface area contributed by atoms with E-state index < -0.39 is 11.9 Å². The standard InChI is InChI=1S/C13H19NO2S/c1-10(7-14)8-17-9-12(13(15)16)11-5-3-2-4-6-11/h2-6,10,12H,7-9,14H2,1H3,(H,15,16). The molecule has 1 rings (SSSR count). The fraction of sp³-hybridized carbons (Fsp3) is 0.462. The number of rotatable bonds is 7. The van der Waals surface area contributed by atoms with Gasteiger partial charge in [0.1, 0.15) is 0 Å². The molecule has 0 aliphatic carbocycles. The predicted octanol–water partition coefficient (Wildman–Crippen LogP) is 2.18. The molecule has 0 spiro atoms. The zero-order valence-electron chi connectivity index (χ0n) is 10.0. The maximum atomic E-state index is 11.2.